The fraction of sp³-hybridized carbons (Fsp3) is 0.800. The zero-order valence-corrected chi connectivity index (χ0v) is 8.32. The molecule has 1 rings (SSSR count). The second-order valence-corrected chi connectivity index (χ2v) is 3.60. The normalized spacial score (nSPS) is 19.6. The molecule has 1 nitrogen and oxygen atoms in total. The van der Waals surface area contributed by atoms with Gasteiger partial charge in [0, 0.05) is 6.04 Å². The second-order valence-electron chi connectivity index (χ2n) is 3.60. The molecule has 1 N–H and O–H groups in total. The van der Waals surface area contributed by atoms with Gasteiger partial charge in [0.25, 0.3) is 0 Å². The number of likely N-dealkylation sites (N-methyl/N-ethyl adjacent to an activating group) is 1. The second kappa shape index (κ2) is 4.82. The van der Waals surface area contributed by atoms with E-state index in [-0.39, 0.29) is 0 Å². The van der Waals surface area contributed by atoms with E-state index in [9.17, 15) is 13.2 Å². The first-order valence-electron chi connectivity index (χ1n) is 5.02. The Morgan fingerprint density at radius 2 is 2.21 bits per heavy atom. The summed E-state index contributed by atoms with van der Waals surface area (Å²) >= 11 is 0. The summed E-state index contributed by atoms with van der Waals surface area (Å²) in [6.45, 7) is 2.41. The van der Waals surface area contributed by atoms with E-state index in [1.807, 2.05) is 13.0 Å². The summed E-state index contributed by atoms with van der Waals surface area (Å²) in [4.78, 5) is 0. The quantitative estimate of drug-likeness (QED) is 0.699. The summed E-state index contributed by atoms with van der Waals surface area (Å²) in [5.41, 5.74) is 0.934. The molecule has 1 atom stereocenters. The highest BCUT2D eigenvalue weighted by Crippen LogP contribution is 2.29. The molecule has 0 saturated heterocycles. The van der Waals surface area contributed by atoms with Gasteiger partial charge in [-0.05, 0) is 25.8 Å². The number of nitrogens with one attached hydrogen (secondary N) is 1. The summed E-state index contributed by atoms with van der Waals surface area (Å²) in [6.07, 6.45) is -0.139. The van der Waals surface area contributed by atoms with Gasteiger partial charge in [0.15, 0.2) is 0 Å². The molecule has 0 aromatic carbocycles. The molecule has 0 amide bonds. The summed E-state index contributed by atoms with van der Waals surface area (Å²) in [6, 6.07) is -0.498. The van der Waals surface area contributed by atoms with Gasteiger partial charge in [0.2, 0.25) is 0 Å². The van der Waals surface area contributed by atoms with E-state index in [1.54, 1.807) is 0 Å². The van der Waals surface area contributed by atoms with Gasteiger partial charge in [0.1, 0.15) is 0 Å². The highest BCUT2D eigenvalue weighted by Gasteiger charge is 2.33. The lowest BCUT2D eigenvalue weighted by molar-refractivity contribution is -0.138. The third-order valence-electron chi connectivity index (χ3n) is 2.41. The minimum Gasteiger partial charge on any atom is -0.310 e. The molecule has 14 heavy (non-hydrogen) atoms. The van der Waals surface area contributed by atoms with Crippen LogP contribution in [-0.4, -0.2) is 18.8 Å². The van der Waals surface area contributed by atoms with Crippen molar-refractivity contribution in [1.29, 1.82) is 0 Å². The fourth-order valence-corrected chi connectivity index (χ4v) is 1.82. The molecule has 0 aromatic rings. The predicted octanol–water partition coefficient (Wildman–Crippen LogP) is 3.03. The van der Waals surface area contributed by atoms with Crippen molar-refractivity contribution in [3.63, 3.8) is 0 Å². The van der Waals surface area contributed by atoms with Gasteiger partial charge in [-0.1, -0.05) is 18.6 Å². The van der Waals surface area contributed by atoms with E-state index in [2.05, 4.69) is 5.32 Å². The standard InChI is InChI=1S/C10H16F3N/c1-2-14-9(7-10(11,12)13)8-5-3-4-6-8/h5,9,14H,2-4,6-7H2,1H3. The largest absolute Gasteiger partial charge is 0.390 e. The molecule has 1 aliphatic carbocycles. The van der Waals surface area contributed by atoms with Gasteiger partial charge < -0.3 is 5.32 Å². The molecular formula is C10H16F3N. The van der Waals surface area contributed by atoms with Crippen LogP contribution < -0.4 is 5.32 Å². The van der Waals surface area contributed by atoms with E-state index in [0.717, 1.165) is 24.8 Å². The lowest BCUT2D eigenvalue weighted by Crippen LogP contribution is -2.34. The Morgan fingerprint density at radius 3 is 2.64 bits per heavy atom. The van der Waals surface area contributed by atoms with Gasteiger partial charge in [-0.3, -0.25) is 0 Å². The van der Waals surface area contributed by atoms with Gasteiger partial charge in [0.05, 0.1) is 6.42 Å². The van der Waals surface area contributed by atoms with Crippen molar-refractivity contribution in [1.82, 2.24) is 5.32 Å². The number of rotatable bonds is 4. The minimum absolute atomic E-state index is 0.498. The Hall–Kier alpha value is -0.510. The average molecular weight is 207 g/mol. The van der Waals surface area contributed by atoms with Crippen molar-refractivity contribution in [3.8, 4) is 0 Å². The highest BCUT2D eigenvalue weighted by atomic mass is 19.4. The van der Waals surface area contributed by atoms with Crippen molar-refractivity contribution in [2.24, 2.45) is 0 Å². The van der Waals surface area contributed by atoms with Crippen LogP contribution in [0, 0.1) is 0 Å². The molecule has 0 spiro atoms. The molecule has 1 aliphatic rings. The number of allylic oxidation sites excluding steroid dienone is 1. The maximum Gasteiger partial charge on any atom is 0.390 e. The van der Waals surface area contributed by atoms with E-state index >= 15 is 0 Å². The molecule has 4 heteroatoms. The van der Waals surface area contributed by atoms with E-state index in [0.29, 0.717) is 6.54 Å². The number of hydrogen-bond donors (Lipinski definition) is 1. The predicted molar refractivity (Wildman–Crippen MR) is 50.1 cm³/mol. The van der Waals surface area contributed by atoms with Crippen molar-refractivity contribution >= 4 is 0 Å². The van der Waals surface area contributed by atoms with Crippen LogP contribution in [0.25, 0.3) is 0 Å². The highest BCUT2D eigenvalue weighted by molar-refractivity contribution is 5.15. The van der Waals surface area contributed by atoms with Gasteiger partial charge in [-0.15, -0.1) is 0 Å². The van der Waals surface area contributed by atoms with Crippen molar-refractivity contribution in [2.45, 2.75) is 44.8 Å². The first-order chi connectivity index (χ1) is 6.53. The zero-order chi connectivity index (χ0) is 10.6. The molecule has 1 unspecified atom stereocenters. The molecular weight excluding hydrogens is 191 g/mol. The van der Waals surface area contributed by atoms with Gasteiger partial charge >= 0.3 is 6.18 Å². The van der Waals surface area contributed by atoms with Crippen LogP contribution in [-0.2, 0) is 0 Å². The average Bonchev–Trinajstić information content (AvgIpc) is 2.52. The molecule has 0 aromatic heterocycles. The molecule has 0 radical (unpaired) electrons. The summed E-state index contributed by atoms with van der Waals surface area (Å²) in [5.74, 6) is 0. The molecule has 0 fully saturated rings. The third-order valence-corrected chi connectivity index (χ3v) is 2.41. The van der Waals surface area contributed by atoms with Crippen LogP contribution in [0.4, 0.5) is 13.2 Å². The molecule has 0 bridgehead atoms. The van der Waals surface area contributed by atoms with E-state index in [1.165, 1.54) is 0 Å². The summed E-state index contributed by atoms with van der Waals surface area (Å²) in [7, 11) is 0. The SMILES string of the molecule is CCNC(CC(F)(F)F)C1=CCCC1. The maximum atomic E-state index is 12.2. The fourth-order valence-electron chi connectivity index (χ4n) is 1.82. The molecule has 0 aliphatic heterocycles. The van der Waals surface area contributed by atoms with Crippen LogP contribution in [0.2, 0.25) is 0 Å². The molecule has 0 saturated carbocycles. The van der Waals surface area contributed by atoms with Crippen molar-refractivity contribution in [2.75, 3.05) is 6.54 Å². The van der Waals surface area contributed by atoms with Crippen LogP contribution in [0.5, 0.6) is 0 Å². The third kappa shape index (κ3) is 3.70. The zero-order valence-electron chi connectivity index (χ0n) is 8.32. The van der Waals surface area contributed by atoms with Crippen LogP contribution in [0.1, 0.15) is 32.6 Å². The number of alkyl halides is 3. The van der Waals surface area contributed by atoms with Crippen LogP contribution in [0.3, 0.4) is 0 Å². The number of halogens is 3. The Bertz CT molecular complexity index is 208. The summed E-state index contributed by atoms with van der Waals surface area (Å²) < 4.78 is 36.6. The minimum atomic E-state index is -4.07. The van der Waals surface area contributed by atoms with Gasteiger partial charge in [-0.25, -0.2) is 0 Å². The molecule has 82 valence electrons. The smallest absolute Gasteiger partial charge is 0.310 e. The van der Waals surface area contributed by atoms with Crippen LogP contribution >= 0.6 is 0 Å². The Morgan fingerprint density at radius 1 is 1.50 bits per heavy atom. The topological polar surface area (TPSA) is 12.0 Å². The van der Waals surface area contributed by atoms with Gasteiger partial charge in [-0.2, -0.15) is 13.2 Å². The lowest BCUT2D eigenvalue weighted by atomic mass is 10.0. The number of hydrogen-bond acceptors (Lipinski definition) is 1. The Kier molecular flexibility index (Phi) is 3.98. The first-order valence-corrected chi connectivity index (χ1v) is 5.02. The lowest BCUT2D eigenvalue weighted by Gasteiger charge is -2.20. The van der Waals surface area contributed by atoms with E-state index in [4.69, 9.17) is 0 Å². The van der Waals surface area contributed by atoms with Crippen LogP contribution in [0.15, 0.2) is 11.6 Å². The van der Waals surface area contributed by atoms with Crippen molar-refractivity contribution < 1.29 is 13.2 Å². The Labute approximate surface area is 82.4 Å². The first kappa shape index (κ1) is 11.6. The monoisotopic (exact) mass is 207 g/mol. The maximum absolute atomic E-state index is 12.2. The van der Waals surface area contributed by atoms with Crippen molar-refractivity contribution in [3.05, 3.63) is 11.6 Å². The Balaban J connectivity index is 2.54. The molecule has 0 heterocycles. The summed E-state index contributed by atoms with van der Waals surface area (Å²) in [5, 5.41) is 2.89. The van der Waals surface area contributed by atoms with E-state index < -0.39 is 18.6 Å².